The van der Waals surface area contributed by atoms with Crippen LogP contribution in [0.4, 0.5) is 14.7 Å². The van der Waals surface area contributed by atoms with Gasteiger partial charge in [-0.25, -0.2) is 27.2 Å². The van der Waals surface area contributed by atoms with Gasteiger partial charge >= 0.3 is 0 Å². The highest BCUT2D eigenvalue weighted by molar-refractivity contribution is 7.89. The maximum absolute atomic E-state index is 14.3. The molecule has 41 heavy (non-hydrogen) atoms. The number of hydrogen-bond acceptors (Lipinski definition) is 9. The van der Waals surface area contributed by atoms with Gasteiger partial charge in [-0.2, -0.15) is 9.71 Å². The third-order valence-electron chi connectivity index (χ3n) is 7.04. The van der Waals surface area contributed by atoms with Crippen LogP contribution in [-0.4, -0.2) is 85.4 Å². The normalized spacial score (nSPS) is 17.8. The van der Waals surface area contributed by atoms with E-state index in [-0.39, 0.29) is 16.7 Å². The minimum atomic E-state index is -3.98. The van der Waals surface area contributed by atoms with E-state index in [1.807, 2.05) is 9.80 Å². The Labute approximate surface area is 235 Å². The monoisotopic (exact) mass is 585 g/mol. The second-order valence-electron chi connectivity index (χ2n) is 9.63. The lowest BCUT2D eigenvalue weighted by atomic mass is 10.2. The molecule has 0 saturated carbocycles. The van der Waals surface area contributed by atoms with Gasteiger partial charge in [-0.1, -0.05) is 30.3 Å². The van der Waals surface area contributed by atoms with Gasteiger partial charge in [-0.15, -0.1) is 0 Å². The molecule has 2 fully saturated rings. The van der Waals surface area contributed by atoms with Crippen LogP contribution in [0.15, 0.2) is 65.6 Å². The first kappa shape index (κ1) is 27.6. The van der Waals surface area contributed by atoms with Gasteiger partial charge in [-0.3, -0.25) is 9.47 Å². The van der Waals surface area contributed by atoms with Crippen molar-refractivity contribution >= 4 is 27.0 Å². The van der Waals surface area contributed by atoms with Crippen molar-refractivity contribution in [3.63, 3.8) is 0 Å². The molecule has 1 unspecified atom stereocenters. The molecule has 2 aliphatic rings. The minimum absolute atomic E-state index is 0.0986. The van der Waals surface area contributed by atoms with Crippen LogP contribution in [0, 0.1) is 0 Å². The highest BCUT2D eigenvalue weighted by Gasteiger charge is 2.32. The summed E-state index contributed by atoms with van der Waals surface area (Å²) in [5, 5.41) is 0. The number of fused-ring (bicyclic) bond motifs is 1. The van der Waals surface area contributed by atoms with Crippen molar-refractivity contribution < 1.29 is 26.7 Å². The molecule has 2 aliphatic heterocycles. The number of rotatable bonds is 8. The molecule has 216 valence electrons. The average molecular weight is 586 g/mol. The number of alkyl halides is 2. The summed E-state index contributed by atoms with van der Waals surface area (Å²) in [5.74, 6) is -0.00908. The van der Waals surface area contributed by atoms with E-state index >= 15 is 0 Å². The summed E-state index contributed by atoms with van der Waals surface area (Å²) in [6.07, 6.45) is -3.80. The molecule has 0 amide bonds. The molecular weight excluding hydrogens is 556 g/mol. The fourth-order valence-electron chi connectivity index (χ4n) is 5.00. The zero-order chi connectivity index (χ0) is 28.4. The van der Waals surface area contributed by atoms with Crippen LogP contribution in [-0.2, 0) is 19.5 Å². The predicted molar refractivity (Wildman–Crippen MR) is 147 cm³/mol. The Balaban J connectivity index is 1.52. The second kappa shape index (κ2) is 11.7. The molecule has 0 spiro atoms. The number of anilines is 1. The second-order valence-corrected chi connectivity index (χ2v) is 11.3. The number of halogens is 2. The van der Waals surface area contributed by atoms with Gasteiger partial charge in [-0.05, 0) is 24.3 Å². The average Bonchev–Trinajstić information content (AvgIpc) is 3.41. The number of para-hydroxylation sites is 2. The topological polar surface area (TPSA) is 115 Å². The largest absolute Gasteiger partial charge is 0.379 e. The van der Waals surface area contributed by atoms with Crippen LogP contribution < -0.4 is 9.62 Å². The lowest BCUT2D eigenvalue weighted by Crippen LogP contribution is -2.47. The maximum atomic E-state index is 14.3. The molecule has 1 N–H and O–H groups in total. The van der Waals surface area contributed by atoms with Crippen molar-refractivity contribution in [2.45, 2.75) is 17.5 Å². The Bertz CT molecular complexity index is 1610. The zero-order valence-corrected chi connectivity index (χ0v) is 22.9. The molecule has 2 saturated heterocycles. The van der Waals surface area contributed by atoms with Gasteiger partial charge in [0.1, 0.15) is 12.0 Å². The lowest BCUT2D eigenvalue weighted by molar-refractivity contribution is 0.0126. The van der Waals surface area contributed by atoms with Crippen LogP contribution in [0.25, 0.3) is 16.9 Å². The molecular formula is C27H29F2N7O4S. The number of ether oxygens (including phenoxy) is 2. The summed E-state index contributed by atoms with van der Waals surface area (Å²) in [5.41, 5.74) is 1.16. The Hall–Kier alpha value is -3.56. The lowest BCUT2D eigenvalue weighted by Gasteiger charge is -2.35. The van der Waals surface area contributed by atoms with Crippen molar-refractivity contribution in [3.8, 4) is 5.82 Å². The molecule has 2 aromatic heterocycles. The third kappa shape index (κ3) is 5.78. The van der Waals surface area contributed by atoms with Gasteiger partial charge in [0.15, 0.2) is 5.82 Å². The summed E-state index contributed by atoms with van der Waals surface area (Å²) in [6, 6.07) is 16.4. The summed E-state index contributed by atoms with van der Waals surface area (Å²) in [4.78, 5) is 17.6. The quantitative estimate of drug-likeness (QED) is 0.333. The molecule has 2 aromatic carbocycles. The first-order valence-electron chi connectivity index (χ1n) is 13.3. The molecule has 11 nitrogen and oxygen atoms in total. The fraction of sp³-hybridized carbons (Fsp3) is 0.370. The van der Waals surface area contributed by atoms with E-state index in [4.69, 9.17) is 19.4 Å². The Morgan fingerprint density at radius 2 is 1.49 bits per heavy atom. The summed E-state index contributed by atoms with van der Waals surface area (Å²) < 4.78 is 70.8. The van der Waals surface area contributed by atoms with E-state index in [9.17, 15) is 17.2 Å². The van der Waals surface area contributed by atoms with Crippen LogP contribution in [0.5, 0.6) is 0 Å². The first-order valence-corrected chi connectivity index (χ1v) is 14.8. The predicted octanol–water partition coefficient (Wildman–Crippen LogP) is 2.90. The van der Waals surface area contributed by atoms with E-state index < -0.39 is 28.4 Å². The number of sulfonamides is 1. The Morgan fingerprint density at radius 1 is 0.829 bits per heavy atom. The summed E-state index contributed by atoms with van der Waals surface area (Å²) in [6.45, 7) is 3.56. The van der Waals surface area contributed by atoms with Crippen LogP contribution in [0.3, 0.4) is 0 Å². The maximum Gasteiger partial charge on any atom is 0.296 e. The number of hydrogen-bond donors (Lipinski definition) is 1. The standard InChI is InChI=1S/C27H29F2N7O4S/c28-24(29)26-30-20-8-4-5-9-22(20)36(26)23-18-21(31-27(32-23)35-12-16-40-17-13-35)25(34-10-14-39-15-11-34)33-41(37,38)19-6-2-1-3-7-19/h1-9,18,24-25,33H,10-17H2. The van der Waals surface area contributed by atoms with E-state index in [0.29, 0.717) is 69.3 Å². The van der Waals surface area contributed by atoms with E-state index in [1.165, 1.54) is 16.7 Å². The van der Waals surface area contributed by atoms with Gasteiger partial charge in [0.25, 0.3) is 6.43 Å². The van der Waals surface area contributed by atoms with Crippen molar-refractivity contribution in [1.29, 1.82) is 0 Å². The van der Waals surface area contributed by atoms with Gasteiger partial charge in [0, 0.05) is 32.2 Å². The number of benzene rings is 2. The zero-order valence-electron chi connectivity index (χ0n) is 22.1. The SMILES string of the molecule is O=S(=O)(NC(c1cc(-n2c(C(F)F)nc3ccccc32)nc(N2CCOCC2)n1)N1CCOCC1)c1ccccc1. The molecule has 1 atom stereocenters. The molecule has 0 bridgehead atoms. The van der Waals surface area contributed by atoms with Crippen LogP contribution in [0.2, 0.25) is 0 Å². The molecule has 14 heteroatoms. The first-order chi connectivity index (χ1) is 19.9. The summed E-state index contributed by atoms with van der Waals surface area (Å²) >= 11 is 0. The molecule has 0 radical (unpaired) electrons. The molecule has 4 heterocycles. The number of imidazole rings is 1. The highest BCUT2D eigenvalue weighted by Crippen LogP contribution is 2.30. The summed E-state index contributed by atoms with van der Waals surface area (Å²) in [7, 11) is -3.98. The van der Waals surface area contributed by atoms with E-state index in [1.54, 1.807) is 48.5 Å². The fourth-order valence-corrected chi connectivity index (χ4v) is 6.22. The van der Waals surface area contributed by atoms with Crippen LogP contribution in [0.1, 0.15) is 24.1 Å². The highest BCUT2D eigenvalue weighted by atomic mass is 32.2. The van der Waals surface area contributed by atoms with Crippen LogP contribution >= 0.6 is 0 Å². The van der Waals surface area contributed by atoms with E-state index in [0.717, 1.165) is 0 Å². The number of nitrogens with zero attached hydrogens (tertiary/aromatic N) is 6. The number of aromatic nitrogens is 4. The van der Waals surface area contributed by atoms with Gasteiger partial charge in [0.05, 0.1) is 48.1 Å². The Kier molecular flexibility index (Phi) is 7.90. The number of morpholine rings is 2. The molecule has 0 aliphatic carbocycles. The minimum Gasteiger partial charge on any atom is -0.379 e. The van der Waals surface area contributed by atoms with Crippen molar-refractivity contribution in [2.24, 2.45) is 0 Å². The smallest absolute Gasteiger partial charge is 0.296 e. The third-order valence-corrected chi connectivity index (χ3v) is 8.46. The Morgan fingerprint density at radius 3 is 2.20 bits per heavy atom. The van der Waals surface area contributed by atoms with Crippen molar-refractivity contribution in [3.05, 3.63) is 72.2 Å². The van der Waals surface area contributed by atoms with E-state index in [2.05, 4.69) is 9.71 Å². The van der Waals surface area contributed by atoms with Gasteiger partial charge in [0.2, 0.25) is 16.0 Å². The molecule has 4 aromatic rings. The number of nitrogens with one attached hydrogen (secondary N) is 1. The molecule has 6 rings (SSSR count). The van der Waals surface area contributed by atoms with Gasteiger partial charge < -0.3 is 14.4 Å². The van der Waals surface area contributed by atoms with Crippen molar-refractivity contribution in [2.75, 3.05) is 57.5 Å². The van der Waals surface area contributed by atoms with Crippen molar-refractivity contribution in [1.82, 2.24) is 29.1 Å².